The summed E-state index contributed by atoms with van der Waals surface area (Å²) in [6.07, 6.45) is 1.84. The van der Waals surface area contributed by atoms with Crippen LogP contribution in [0.25, 0.3) is 0 Å². The number of anilines is 1. The van der Waals surface area contributed by atoms with Crippen LogP contribution in [0.15, 0.2) is 36.5 Å². The lowest BCUT2D eigenvalue weighted by atomic mass is 9.88. The Labute approximate surface area is 116 Å². The van der Waals surface area contributed by atoms with Gasteiger partial charge in [-0.05, 0) is 17.2 Å². The minimum atomic E-state index is -1.22. The molecule has 19 heavy (non-hydrogen) atoms. The van der Waals surface area contributed by atoms with Crippen LogP contribution in [0.4, 0.5) is 5.82 Å². The van der Waals surface area contributed by atoms with Crippen molar-refractivity contribution in [1.82, 2.24) is 4.98 Å². The molecule has 1 aliphatic carbocycles. The summed E-state index contributed by atoms with van der Waals surface area (Å²) in [4.78, 5) is 4.01. The lowest BCUT2D eigenvalue weighted by molar-refractivity contribution is 0.0781. The van der Waals surface area contributed by atoms with Gasteiger partial charge >= 0.3 is 0 Å². The number of fused-ring (bicyclic) bond motifs is 1. The van der Waals surface area contributed by atoms with Crippen LogP contribution in [0.5, 0.6) is 0 Å². The third-order valence-corrected chi connectivity index (χ3v) is 3.86. The number of aliphatic hydroxyl groups is 1. The number of nitrogens with zero attached hydrogens (tertiary/aromatic N) is 1. The van der Waals surface area contributed by atoms with Crippen LogP contribution < -0.4 is 11.5 Å². The molecule has 0 saturated heterocycles. The first kappa shape index (κ1) is 12.4. The first-order chi connectivity index (χ1) is 9.02. The summed E-state index contributed by atoms with van der Waals surface area (Å²) in [6, 6.07) is 8.99. The molecule has 98 valence electrons. The predicted molar refractivity (Wildman–Crippen MR) is 74.6 cm³/mol. The highest BCUT2D eigenvalue weighted by Gasteiger charge is 2.43. The highest BCUT2D eigenvalue weighted by atomic mass is 35.5. The first-order valence-corrected chi connectivity index (χ1v) is 6.39. The van der Waals surface area contributed by atoms with Crippen molar-refractivity contribution >= 4 is 17.4 Å². The van der Waals surface area contributed by atoms with E-state index in [2.05, 4.69) is 4.98 Å². The monoisotopic (exact) mass is 275 g/mol. The quantitative estimate of drug-likeness (QED) is 0.743. The summed E-state index contributed by atoms with van der Waals surface area (Å²) in [5, 5.41) is 11.5. The van der Waals surface area contributed by atoms with Crippen LogP contribution in [0.3, 0.4) is 0 Å². The summed E-state index contributed by atoms with van der Waals surface area (Å²) >= 11 is 5.96. The van der Waals surface area contributed by atoms with E-state index in [9.17, 15) is 5.11 Å². The molecule has 1 aromatic heterocycles. The van der Waals surface area contributed by atoms with Gasteiger partial charge in [-0.15, -0.1) is 0 Å². The topological polar surface area (TPSA) is 85.2 Å². The second kappa shape index (κ2) is 4.20. The van der Waals surface area contributed by atoms with Crippen molar-refractivity contribution in [3.05, 3.63) is 58.2 Å². The minimum absolute atomic E-state index is 0.223. The summed E-state index contributed by atoms with van der Waals surface area (Å²) < 4.78 is 0. The Balaban J connectivity index is 2.22. The molecule has 0 radical (unpaired) electrons. The molecule has 3 rings (SSSR count). The zero-order chi connectivity index (χ0) is 13.6. The van der Waals surface area contributed by atoms with Crippen LogP contribution in [-0.4, -0.2) is 10.1 Å². The number of nitrogen functional groups attached to an aromatic ring is 1. The number of rotatable bonds is 1. The van der Waals surface area contributed by atoms with Crippen molar-refractivity contribution in [3.63, 3.8) is 0 Å². The summed E-state index contributed by atoms with van der Waals surface area (Å²) in [5.41, 5.74) is 13.0. The standard InChI is InChI=1S/C14H14ClN3O/c15-8-5-11(13(17)18-7-8)14(19)6-12(16)9-3-1-2-4-10(9)14/h1-5,7,12,19H,6,16H2,(H2,17,18). The third-order valence-electron chi connectivity index (χ3n) is 3.65. The van der Waals surface area contributed by atoms with Gasteiger partial charge in [0, 0.05) is 24.2 Å². The lowest BCUT2D eigenvalue weighted by Crippen LogP contribution is -2.26. The van der Waals surface area contributed by atoms with Crippen molar-refractivity contribution in [2.75, 3.05) is 5.73 Å². The fourth-order valence-corrected chi connectivity index (χ4v) is 2.93. The highest BCUT2D eigenvalue weighted by Crippen LogP contribution is 2.47. The molecule has 1 heterocycles. The van der Waals surface area contributed by atoms with E-state index in [1.165, 1.54) is 6.20 Å². The van der Waals surface area contributed by atoms with E-state index in [0.29, 0.717) is 17.0 Å². The van der Waals surface area contributed by atoms with Crippen molar-refractivity contribution in [3.8, 4) is 0 Å². The van der Waals surface area contributed by atoms with Gasteiger partial charge in [0.2, 0.25) is 0 Å². The molecule has 0 spiro atoms. The molecule has 2 aromatic rings. The van der Waals surface area contributed by atoms with E-state index < -0.39 is 5.60 Å². The summed E-state index contributed by atoms with van der Waals surface area (Å²) in [5.74, 6) is 0.274. The molecule has 2 unspecified atom stereocenters. The molecule has 5 N–H and O–H groups in total. The second-order valence-electron chi connectivity index (χ2n) is 4.84. The number of pyridine rings is 1. The Bertz CT molecular complexity index is 646. The largest absolute Gasteiger partial charge is 0.383 e. The molecule has 0 fully saturated rings. The maximum absolute atomic E-state index is 11.0. The Kier molecular flexibility index (Phi) is 2.74. The van der Waals surface area contributed by atoms with Gasteiger partial charge in [0.05, 0.1) is 5.02 Å². The number of benzene rings is 1. The number of hydrogen-bond donors (Lipinski definition) is 3. The van der Waals surface area contributed by atoms with Gasteiger partial charge in [-0.2, -0.15) is 0 Å². The molecule has 0 bridgehead atoms. The number of aromatic nitrogens is 1. The fourth-order valence-electron chi connectivity index (χ4n) is 2.77. The molecular formula is C14H14ClN3O. The van der Waals surface area contributed by atoms with E-state index >= 15 is 0 Å². The maximum atomic E-state index is 11.0. The van der Waals surface area contributed by atoms with Crippen molar-refractivity contribution < 1.29 is 5.11 Å². The molecule has 5 heteroatoms. The van der Waals surface area contributed by atoms with Gasteiger partial charge in [0.1, 0.15) is 11.4 Å². The molecule has 0 aliphatic heterocycles. The van der Waals surface area contributed by atoms with Crippen LogP contribution in [-0.2, 0) is 5.60 Å². The Morgan fingerprint density at radius 2 is 2.05 bits per heavy atom. The van der Waals surface area contributed by atoms with E-state index in [4.69, 9.17) is 23.1 Å². The molecule has 1 aromatic carbocycles. The van der Waals surface area contributed by atoms with Gasteiger partial charge in [-0.3, -0.25) is 0 Å². The lowest BCUT2D eigenvalue weighted by Gasteiger charge is -2.25. The zero-order valence-corrected chi connectivity index (χ0v) is 10.9. The van der Waals surface area contributed by atoms with Crippen LogP contribution in [0, 0.1) is 0 Å². The number of hydrogen-bond acceptors (Lipinski definition) is 4. The van der Waals surface area contributed by atoms with Crippen LogP contribution in [0.1, 0.15) is 29.2 Å². The Hall–Kier alpha value is -1.62. The second-order valence-corrected chi connectivity index (χ2v) is 5.28. The molecule has 0 saturated carbocycles. The van der Waals surface area contributed by atoms with Gasteiger partial charge < -0.3 is 16.6 Å². The highest BCUT2D eigenvalue weighted by molar-refractivity contribution is 6.30. The third kappa shape index (κ3) is 1.80. The molecule has 0 amide bonds. The summed E-state index contributed by atoms with van der Waals surface area (Å²) in [6.45, 7) is 0. The van der Waals surface area contributed by atoms with E-state index in [1.807, 2.05) is 24.3 Å². The van der Waals surface area contributed by atoms with Gasteiger partial charge in [-0.25, -0.2) is 4.98 Å². The van der Waals surface area contributed by atoms with Crippen LogP contribution in [0.2, 0.25) is 5.02 Å². The average molecular weight is 276 g/mol. The molecule has 2 atom stereocenters. The van der Waals surface area contributed by atoms with E-state index in [1.54, 1.807) is 6.07 Å². The first-order valence-electron chi connectivity index (χ1n) is 6.01. The summed E-state index contributed by atoms with van der Waals surface area (Å²) in [7, 11) is 0. The number of nitrogens with two attached hydrogens (primary N) is 2. The molecule has 4 nitrogen and oxygen atoms in total. The molecular weight excluding hydrogens is 262 g/mol. The van der Waals surface area contributed by atoms with Gasteiger partial charge in [0.25, 0.3) is 0 Å². The zero-order valence-electron chi connectivity index (χ0n) is 10.2. The van der Waals surface area contributed by atoms with Crippen molar-refractivity contribution in [2.45, 2.75) is 18.1 Å². The normalized spacial score (nSPS) is 25.3. The predicted octanol–water partition coefficient (Wildman–Crippen LogP) is 1.96. The number of halogens is 1. The van der Waals surface area contributed by atoms with Gasteiger partial charge in [-0.1, -0.05) is 35.9 Å². The smallest absolute Gasteiger partial charge is 0.129 e. The van der Waals surface area contributed by atoms with Crippen LogP contribution >= 0.6 is 11.6 Å². The van der Waals surface area contributed by atoms with Crippen molar-refractivity contribution in [2.24, 2.45) is 5.73 Å². The van der Waals surface area contributed by atoms with E-state index in [0.717, 1.165) is 11.1 Å². The van der Waals surface area contributed by atoms with Crippen molar-refractivity contribution in [1.29, 1.82) is 0 Å². The van der Waals surface area contributed by atoms with E-state index in [-0.39, 0.29) is 11.9 Å². The Morgan fingerprint density at radius 3 is 2.84 bits per heavy atom. The van der Waals surface area contributed by atoms with Gasteiger partial charge in [0.15, 0.2) is 0 Å². The minimum Gasteiger partial charge on any atom is -0.383 e. The maximum Gasteiger partial charge on any atom is 0.129 e. The average Bonchev–Trinajstić information content (AvgIpc) is 2.66. The fraction of sp³-hybridized carbons (Fsp3) is 0.214. The SMILES string of the molecule is Nc1ncc(Cl)cc1C1(O)CC(N)c2ccccc21. The molecule has 1 aliphatic rings. The Morgan fingerprint density at radius 1 is 1.32 bits per heavy atom.